The van der Waals surface area contributed by atoms with Crippen LogP contribution in [-0.4, -0.2) is 36.0 Å². The minimum absolute atomic E-state index is 0.00343. The summed E-state index contributed by atoms with van der Waals surface area (Å²) in [5.41, 5.74) is -0.671. The van der Waals surface area contributed by atoms with Crippen LogP contribution in [0.1, 0.15) is 57.3 Å². The van der Waals surface area contributed by atoms with Gasteiger partial charge in [-0.05, 0) is 30.0 Å². The lowest BCUT2D eigenvalue weighted by Gasteiger charge is -2.33. The highest BCUT2D eigenvalue weighted by atomic mass is 32.2. The van der Waals surface area contributed by atoms with Crippen LogP contribution in [0.25, 0.3) is 0 Å². The Balaban J connectivity index is 1.69. The molecule has 1 aliphatic heterocycles. The lowest BCUT2D eigenvalue weighted by atomic mass is 9.94. The van der Waals surface area contributed by atoms with E-state index in [1.54, 1.807) is 12.1 Å². The quantitative estimate of drug-likeness (QED) is 0.694. The van der Waals surface area contributed by atoms with Crippen molar-refractivity contribution in [1.29, 1.82) is 0 Å². The third-order valence-electron chi connectivity index (χ3n) is 5.06. The van der Waals surface area contributed by atoms with Crippen LogP contribution in [-0.2, 0) is 28.5 Å². The molecule has 154 valence electrons. The predicted molar refractivity (Wildman–Crippen MR) is 104 cm³/mol. The highest BCUT2D eigenvalue weighted by Crippen LogP contribution is 2.37. The molecule has 0 spiro atoms. The SMILES string of the molecule is CCCc1ccc(S(=O)(=O)N2CCC(F)(c3nc(CC(C)C)no3)CC2)cc1. The largest absolute Gasteiger partial charge is 0.336 e. The van der Waals surface area contributed by atoms with Crippen molar-refractivity contribution in [2.45, 2.75) is 63.4 Å². The van der Waals surface area contributed by atoms with Gasteiger partial charge in [-0.3, -0.25) is 0 Å². The molecule has 0 N–H and O–H groups in total. The van der Waals surface area contributed by atoms with Crippen molar-refractivity contribution in [2.75, 3.05) is 13.1 Å². The molecule has 0 radical (unpaired) electrons. The first-order chi connectivity index (χ1) is 13.2. The molecular weight excluding hydrogens is 381 g/mol. The van der Waals surface area contributed by atoms with E-state index in [9.17, 15) is 8.42 Å². The molecule has 1 aromatic heterocycles. The van der Waals surface area contributed by atoms with Gasteiger partial charge in [-0.15, -0.1) is 0 Å². The third kappa shape index (κ3) is 4.43. The van der Waals surface area contributed by atoms with Crippen LogP contribution in [0.4, 0.5) is 4.39 Å². The molecule has 1 aromatic carbocycles. The Kier molecular flexibility index (Phi) is 6.19. The van der Waals surface area contributed by atoms with Crippen LogP contribution in [0.15, 0.2) is 33.7 Å². The van der Waals surface area contributed by atoms with Crippen LogP contribution >= 0.6 is 0 Å². The normalized spacial score (nSPS) is 17.9. The maximum atomic E-state index is 15.3. The van der Waals surface area contributed by atoms with Crippen LogP contribution < -0.4 is 0 Å². The maximum absolute atomic E-state index is 15.3. The van der Waals surface area contributed by atoms with Crippen molar-refractivity contribution in [1.82, 2.24) is 14.4 Å². The van der Waals surface area contributed by atoms with Crippen molar-refractivity contribution in [2.24, 2.45) is 5.92 Å². The summed E-state index contributed by atoms with van der Waals surface area (Å²) in [5, 5.41) is 3.86. The Hall–Kier alpha value is -1.80. The Labute approximate surface area is 166 Å². The summed E-state index contributed by atoms with van der Waals surface area (Å²) in [7, 11) is -3.64. The van der Waals surface area contributed by atoms with Gasteiger partial charge in [0, 0.05) is 32.4 Å². The monoisotopic (exact) mass is 409 g/mol. The van der Waals surface area contributed by atoms with E-state index < -0.39 is 15.7 Å². The standard InChI is InChI=1S/C20H28FN3O3S/c1-4-5-16-6-8-17(9-7-16)28(25,26)24-12-10-20(21,11-13-24)19-22-18(23-27-19)14-15(2)3/h6-9,15H,4-5,10-14H2,1-3H3. The molecule has 0 amide bonds. The average molecular weight is 410 g/mol. The zero-order valence-corrected chi connectivity index (χ0v) is 17.5. The molecule has 2 aromatic rings. The van der Waals surface area contributed by atoms with Gasteiger partial charge in [0.15, 0.2) is 11.5 Å². The first-order valence-electron chi connectivity index (χ1n) is 9.85. The molecule has 1 aliphatic rings. The van der Waals surface area contributed by atoms with Crippen molar-refractivity contribution >= 4 is 10.0 Å². The zero-order chi connectivity index (χ0) is 20.4. The van der Waals surface area contributed by atoms with Gasteiger partial charge in [0.2, 0.25) is 10.0 Å². The van der Waals surface area contributed by atoms with Gasteiger partial charge in [-0.2, -0.15) is 9.29 Å². The molecule has 0 bridgehead atoms. The van der Waals surface area contributed by atoms with Gasteiger partial charge in [-0.1, -0.05) is 44.5 Å². The number of hydrogen-bond donors (Lipinski definition) is 0. The second kappa shape index (κ2) is 8.29. The molecule has 28 heavy (non-hydrogen) atoms. The number of hydrogen-bond acceptors (Lipinski definition) is 5. The number of sulfonamides is 1. The molecule has 0 aliphatic carbocycles. The fourth-order valence-electron chi connectivity index (χ4n) is 3.44. The molecular formula is C20H28FN3O3S. The summed E-state index contributed by atoms with van der Waals surface area (Å²) in [5.74, 6) is 0.796. The van der Waals surface area contributed by atoms with Crippen molar-refractivity contribution in [3.05, 3.63) is 41.5 Å². The van der Waals surface area contributed by atoms with Gasteiger partial charge in [0.1, 0.15) is 0 Å². The van der Waals surface area contributed by atoms with E-state index in [0.29, 0.717) is 18.2 Å². The zero-order valence-electron chi connectivity index (χ0n) is 16.7. The Bertz CT molecular complexity index is 886. The number of rotatable bonds is 7. The second-order valence-electron chi connectivity index (χ2n) is 7.88. The maximum Gasteiger partial charge on any atom is 0.264 e. The molecule has 1 saturated heterocycles. The van der Waals surface area contributed by atoms with Crippen LogP contribution in [0.5, 0.6) is 0 Å². The van der Waals surface area contributed by atoms with Crippen molar-refractivity contribution in [3.8, 4) is 0 Å². The van der Waals surface area contributed by atoms with Crippen LogP contribution in [0.2, 0.25) is 0 Å². The summed E-state index contributed by atoms with van der Waals surface area (Å²) in [4.78, 5) is 4.44. The highest BCUT2D eigenvalue weighted by Gasteiger charge is 2.44. The van der Waals surface area contributed by atoms with E-state index in [0.717, 1.165) is 18.4 Å². The number of benzene rings is 1. The van der Waals surface area contributed by atoms with Gasteiger partial charge < -0.3 is 4.52 Å². The molecule has 0 unspecified atom stereocenters. The summed E-state index contributed by atoms with van der Waals surface area (Å²) in [6.45, 7) is 6.30. The van der Waals surface area contributed by atoms with E-state index in [-0.39, 0.29) is 36.7 Å². The van der Waals surface area contributed by atoms with E-state index in [1.807, 2.05) is 26.0 Å². The first kappa shape index (κ1) is 20.9. The van der Waals surface area contributed by atoms with Crippen molar-refractivity contribution < 1.29 is 17.3 Å². The number of piperidine rings is 1. The van der Waals surface area contributed by atoms with E-state index in [2.05, 4.69) is 17.1 Å². The number of aryl methyl sites for hydroxylation is 1. The van der Waals surface area contributed by atoms with Crippen LogP contribution in [0.3, 0.4) is 0 Å². The molecule has 6 nitrogen and oxygen atoms in total. The number of nitrogens with zero attached hydrogens (tertiary/aromatic N) is 3. The first-order valence-corrected chi connectivity index (χ1v) is 11.3. The minimum Gasteiger partial charge on any atom is -0.336 e. The molecule has 8 heteroatoms. The lowest BCUT2D eigenvalue weighted by Crippen LogP contribution is -2.43. The van der Waals surface area contributed by atoms with Gasteiger partial charge >= 0.3 is 0 Å². The van der Waals surface area contributed by atoms with Gasteiger partial charge in [-0.25, -0.2) is 12.8 Å². The predicted octanol–water partition coefficient (Wildman–Crippen LogP) is 3.87. The van der Waals surface area contributed by atoms with E-state index in [1.165, 1.54) is 4.31 Å². The molecule has 3 rings (SSSR count). The van der Waals surface area contributed by atoms with Crippen LogP contribution in [0, 0.1) is 5.92 Å². The summed E-state index contributed by atoms with van der Waals surface area (Å²) in [6.07, 6.45) is 2.55. The topological polar surface area (TPSA) is 76.3 Å². The van der Waals surface area contributed by atoms with Gasteiger partial charge in [0.25, 0.3) is 5.89 Å². The summed E-state index contributed by atoms with van der Waals surface area (Å²) >= 11 is 0. The number of aromatic nitrogens is 2. The molecule has 2 heterocycles. The number of alkyl halides is 1. The minimum atomic E-state index is -3.64. The van der Waals surface area contributed by atoms with E-state index in [4.69, 9.17) is 4.52 Å². The smallest absolute Gasteiger partial charge is 0.264 e. The van der Waals surface area contributed by atoms with Crippen molar-refractivity contribution in [3.63, 3.8) is 0 Å². The Morgan fingerprint density at radius 2 is 1.86 bits per heavy atom. The highest BCUT2D eigenvalue weighted by molar-refractivity contribution is 7.89. The fourth-order valence-corrected chi connectivity index (χ4v) is 4.89. The Morgan fingerprint density at radius 1 is 1.21 bits per heavy atom. The summed E-state index contributed by atoms with van der Waals surface area (Å²) in [6, 6.07) is 6.95. The fraction of sp³-hybridized carbons (Fsp3) is 0.600. The van der Waals surface area contributed by atoms with E-state index >= 15 is 4.39 Å². The third-order valence-corrected chi connectivity index (χ3v) is 6.97. The summed E-state index contributed by atoms with van der Waals surface area (Å²) < 4.78 is 47.6. The average Bonchev–Trinajstić information content (AvgIpc) is 3.11. The lowest BCUT2D eigenvalue weighted by molar-refractivity contribution is 0.0511. The Morgan fingerprint density at radius 3 is 2.43 bits per heavy atom. The second-order valence-corrected chi connectivity index (χ2v) is 9.82. The van der Waals surface area contributed by atoms with Gasteiger partial charge in [0.05, 0.1) is 4.90 Å². The molecule has 0 saturated carbocycles. The molecule has 0 atom stereocenters. The number of halogens is 1. The molecule has 1 fully saturated rings.